The van der Waals surface area contributed by atoms with Crippen molar-refractivity contribution in [3.05, 3.63) is 82.4 Å². The van der Waals surface area contributed by atoms with Crippen LogP contribution in [0.25, 0.3) is 11.1 Å². The van der Waals surface area contributed by atoms with Gasteiger partial charge in [0.1, 0.15) is 11.5 Å². The molecule has 3 aromatic rings. The molecular weight excluding hydrogens is 403 g/mol. The van der Waals surface area contributed by atoms with Gasteiger partial charge in [0.2, 0.25) is 0 Å². The minimum Gasteiger partial charge on any atom is -0.456 e. The fourth-order valence-corrected chi connectivity index (χ4v) is 3.09. The Morgan fingerprint density at radius 3 is 1.59 bits per heavy atom. The monoisotopic (exact) mass is 430 g/mol. The Bertz CT molecular complexity index is 1050. The summed E-state index contributed by atoms with van der Waals surface area (Å²) < 4.78 is 6.29. The molecule has 0 bridgehead atoms. The Balaban J connectivity index is 0.000000537. The lowest BCUT2D eigenvalue weighted by Crippen LogP contribution is -1.93. The number of hydrogen-bond donors (Lipinski definition) is 3. The molecule has 4 nitrogen and oxygen atoms in total. The highest BCUT2D eigenvalue weighted by Crippen LogP contribution is 2.37. The van der Waals surface area contributed by atoms with Crippen LogP contribution in [0.4, 0.5) is 0 Å². The number of aryl methyl sites for hydroxylation is 5. The predicted molar refractivity (Wildman–Crippen MR) is 123 cm³/mol. The lowest BCUT2D eigenvalue weighted by atomic mass is 9.96. The minimum atomic E-state index is -3.81. The molecule has 0 fully saturated rings. The summed E-state index contributed by atoms with van der Waals surface area (Å²) in [6.07, 6.45) is 0. The van der Waals surface area contributed by atoms with Crippen molar-refractivity contribution in [2.24, 2.45) is 0 Å². The van der Waals surface area contributed by atoms with Crippen LogP contribution < -0.4 is 4.74 Å². The molecule has 29 heavy (non-hydrogen) atoms. The Hall–Kier alpha value is -2.01. The first-order valence-electron chi connectivity index (χ1n) is 9.15. The first kappa shape index (κ1) is 23.3. The van der Waals surface area contributed by atoms with Crippen molar-refractivity contribution >= 4 is 18.5 Å². The number of ether oxygens (including phenoxy) is 1. The summed E-state index contributed by atoms with van der Waals surface area (Å²) in [5.74, 6) is 1.81. The second kappa shape index (κ2) is 9.66. The van der Waals surface area contributed by atoms with Gasteiger partial charge in [0.15, 0.2) is 0 Å². The van der Waals surface area contributed by atoms with E-state index in [1.165, 1.54) is 27.8 Å². The fraction of sp³-hybridized carbons (Fsp3) is 0.217. The highest BCUT2D eigenvalue weighted by molar-refractivity contribution is 8.06. The SMILES string of the molecule is Cc1ccc(Oc2ccc(C)cc2-c2ccc(C)cc2C)c(C)c1.OP(O)(O)=S. The van der Waals surface area contributed by atoms with Gasteiger partial charge < -0.3 is 19.4 Å². The molecular formula is C23H27O4PS. The molecule has 0 amide bonds. The topological polar surface area (TPSA) is 69.9 Å². The molecule has 3 rings (SSSR count). The van der Waals surface area contributed by atoms with E-state index in [1.54, 1.807) is 0 Å². The van der Waals surface area contributed by atoms with Crippen LogP contribution in [0.1, 0.15) is 27.8 Å². The Labute approximate surface area is 177 Å². The molecule has 0 spiro atoms. The predicted octanol–water partition coefficient (Wildman–Crippen LogP) is 5.88. The van der Waals surface area contributed by atoms with E-state index in [2.05, 4.69) is 101 Å². The van der Waals surface area contributed by atoms with Gasteiger partial charge in [-0.05, 0) is 81.3 Å². The molecule has 0 unspecified atom stereocenters. The van der Waals surface area contributed by atoms with E-state index in [9.17, 15) is 0 Å². The molecule has 0 aliphatic rings. The molecule has 6 heteroatoms. The molecule has 0 saturated heterocycles. The van der Waals surface area contributed by atoms with E-state index in [-0.39, 0.29) is 0 Å². The second-order valence-corrected chi connectivity index (χ2v) is 9.70. The molecule has 0 saturated carbocycles. The molecule has 0 radical (unpaired) electrons. The third-order valence-electron chi connectivity index (χ3n) is 4.36. The van der Waals surface area contributed by atoms with Crippen LogP contribution in [0.3, 0.4) is 0 Å². The average molecular weight is 431 g/mol. The van der Waals surface area contributed by atoms with Crippen molar-refractivity contribution < 1.29 is 19.4 Å². The normalized spacial score (nSPS) is 10.9. The molecule has 3 N–H and O–H groups in total. The van der Waals surface area contributed by atoms with Crippen molar-refractivity contribution in [1.29, 1.82) is 0 Å². The summed E-state index contributed by atoms with van der Waals surface area (Å²) in [7, 11) is 0. The van der Waals surface area contributed by atoms with Gasteiger partial charge in [0.25, 0.3) is 0 Å². The number of hydrogen-bond acceptors (Lipinski definition) is 2. The third-order valence-corrected chi connectivity index (χ3v) is 4.36. The second-order valence-electron chi connectivity index (χ2n) is 7.20. The van der Waals surface area contributed by atoms with E-state index in [0.717, 1.165) is 22.6 Å². The first-order valence-corrected chi connectivity index (χ1v) is 11.8. The molecule has 3 aromatic carbocycles. The summed E-state index contributed by atoms with van der Waals surface area (Å²) in [5.41, 5.74) is 8.56. The van der Waals surface area contributed by atoms with Crippen molar-refractivity contribution in [3.8, 4) is 22.6 Å². The summed E-state index contributed by atoms with van der Waals surface area (Å²) in [6.45, 7) is 6.79. The maximum Gasteiger partial charge on any atom is 0.319 e. The molecule has 0 atom stereocenters. The van der Waals surface area contributed by atoms with Crippen molar-refractivity contribution in [1.82, 2.24) is 0 Å². The average Bonchev–Trinajstić information content (AvgIpc) is 2.57. The van der Waals surface area contributed by atoms with E-state index in [1.807, 2.05) is 0 Å². The smallest absolute Gasteiger partial charge is 0.319 e. The van der Waals surface area contributed by atoms with Gasteiger partial charge in [-0.2, -0.15) is 0 Å². The van der Waals surface area contributed by atoms with E-state index in [4.69, 9.17) is 19.4 Å². The third kappa shape index (κ3) is 7.39. The summed E-state index contributed by atoms with van der Waals surface area (Å²) >= 11 is 3.60. The largest absolute Gasteiger partial charge is 0.456 e. The van der Waals surface area contributed by atoms with Crippen molar-refractivity contribution in [3.63, 3.8) is 0 Å². The van der Waals surface area contributed by atoms with Gasteiger partial charge in [-0.1, -0.05) is 53.1 Å². The first-order chi connectivity index (χ1) is 13.4. The zero-order chi connectivity index (χ0) is 21.8. The lowest BCUT2D eigenvalue weighted by molar-refractivity contribution is 0.363. The van der Waals surface area contributed by atoms with Crippen LogP contribution in [0.5, 0.6) is 11.5 Å². The zero-order valence-electron chi connectivity index (χ0n) is 17.3. The highest BCUT2D eigenvalue weighted by Gasteiger charge is 2.11. The standard InChI is InChI=1S/C23H24O.H3O3PS/c1-15-6-9-20(18(4)12-15)21-14-17(3)8-11-23(21)24-22-10-7-16(2)13-19(22)5;1-4(2,3)5/h6-14H,1-5H3;(H3,1,2,3,5). The summed E-state index contributed by atoms with van der Waals surface area (Å²) in [5, 5.41) is 0. The summed E-state index contributed by atoms with van der Waals surface area (Å²) in [4.78, 5) is 22.7. The highest BCUT2D eigenvalue weighted by atomic mass is 32.5. The van der Waals surface area contributed by atoms with Crippen LogP contribution in [-0.4, -0.2) is 14.7 Å². The number of benzene rings is 3. The van der Waals surface area contributed by atoms with Crippen LogP contribution in [0.2, 0.25) is 0 Å². The van der Waals surface area contributed by atoms with Gasteiger partial charge in [0, 0.05) is 5.56 Å². The summed E-state index contributed by atoms with van der Waals surface area (Å²) in [6, 6.07) is 19.2. The molecule has 154 valence electrons. The zero-order valence-corrected chi connectivity index (χ0v) is 19.0. The molecule has 0 aliphatic carbocycles. The Morgan fingerprint density at radius 1 is 0.621 bits per heavy atom. The van der Waals surface area contributed by atoms with Crippen LogP contribution in [-0.2, 0) is 11.8 Å². The van der Waals surface area contributed by atoms with Crippen LogP contribution >= 0.6 is 6.72 Å². The van der Waals surface area contributed by atoms with Gasteiger partial charge in [0.05, 0.1) is 0 Å². The van der Waals surface area contributed by atoms with E-state index < -0.39 is 6.72 Å². The fourth-order valence-electron chi connectivity index (χ4n) is 3.09. The molecule has 0 heterocycles. The van der Waals surface area contributed by atoms with Crippen LogP contribution in [0, 0.1) is 34.6 Å². The van der Waals surface area contributed by atoms with Gasteiger partial charge >= 0.3 is 6.72 Å². The van der Waals surface area contributed by atoms with Gasteiger partial charge in [-0.15, -0.1) is 0 Å². The maximum absolute atomic E-state index is 7.56. The minimum absolute atomic E-state index is 0.902. The maximum atomic E-state index is 7.56. The molecule has 0 aromatic heterocycles. The Morgan fingerprint density at radius 2 is 1.07 bits per heavy atom. The van der Waals surface area contributed by atoms with Gasteiger partial charge in [-0.3, -0.25) is 0 Å². The molecule has 0 aliphatic heterocycles. The van der Waals surface area contributed by atoms with E-state index in [0.29, 0.717) is 0 Å². The lowest BCUT2D eigenvalue weighted by Gasteiger charge is -2.16. The Kier molecular flexibility index (Phi) is 7.75. The van der Waals surface area contributed by atoms with Crippen molar-refractivity contribution in [2.45, 2.75) is 34.6 Å². The van der Waals surface area contributed by atoms with Gasteiger partial charge in [-0.25, -0.2) is 0 Å². The van der Waals surface area contributed by atoms with Crippen molar-refractivity contribution in [2.75, 3.05) is 0 Å². The van der Waals surface area contributed by atoms with Crippen LogP contribution in [0.15, 0.2) is 54.6 Å². The number of rotatable bonds is 3. The quantitative estimate of drug-likeness (QED) is 0.453. The van der Waals surface area contributed by atoms with E-state index >= 15 is 0 Å².